The van der Waals surface area contributed by atoms with E-state index in [0.29, 0.717) is 6.54 Å². The van der Waals surface area contributed by atoms with Crippen molar-refractivity contribution in [3.8, 4) is 0 Å². The number of carbonyl (C=O) groups excluding carboxylic acids is 1. The summed E-state index contributed by atoms with van der Waals surface area (Å²) in [5.41, 5.74) is -0.0535. The molecule has 0 saturated carbocycles. The smallest absolute Gasteiger partial charge is 0.233 e. The molecule has 0 aromatic heterocycles. The lowest BCUT2D eigenvalue weighted by molar-refractivity contribution is -0.120. The molecular weight excluding hydrogens is 204 g/mol. The highest BCUT2D eigenvalue weighted by atomic mass is 16.5. The maximum atomic E-state index is 11.5. The van der Waals surface area contributed by atoms with Crippen molar-refractivity contribution >= 4 is 5.91 Å². The van der Waals surface area contributed by atoms with Gasteiger partial charge in [0.25, 0.3) is 0 Å². The van der Waals surface area contributed by atoms with Crippen LogP contribution < -0.4 is 10.6 Å². The first-order valence-corrected chi connectivity index (χ1v) is 6.22. The minimum Gasteiger partial charge on any atom is -0.377 e. The maximum Gasteiger partial charge on any atom is 0.233 e. The molecule has 1 fully saturated rings. The lowest BCUT2D eigenvalue weighted by atomic mass is 9.95. The van der Waals surface area contributed by atoms with Gasteiger partial charge in [0.1, 0.15) is 0 Å². The van der Waals surface area contributed by atoms with Gasteiger partial charge in [0.05, 0.1) is 12.6 Å². The largest absolute Gasteiger partial charge is 0.377 e. The average Bonchev–Trinajstić information content (AvgIpc) is 2.58. The lowest BCUT2D eigenvalue weighted by Crippen LogP contribution is -2.51. The van der Waals surface area contributed by atoms with E-state index in [1.54, 1.807) is 0 Å². The summed E-state index contributed by atoms with van der Waals surface area (Å²) in [5, 5.41) is 6.19. The molecule has 0 aromatic carbocycles. The number of unbranched alkanes of at least 4 members (excludes halogenated alkanes) is 1. The third-order valence-corrected chi connectivity index (χ3v) is 3.39. The van der Waals surface area contributed by atoms with Gasteiger partial charge in [0, 0.05) is 18.7 Å². The van der Waals surface area contributed by atoms with E-state index in [9.17, 15) is 4.79 Å². The second kappa shape index (κ2) is 6.21. The first-order valence-electron chi connectivity index (χ1n) is 6.22. The van der Waals surface area contributed by atoms with Gasteiger partial charge in [-0.3, -0.25) is 4.79 Å². The van der Waals surface area contributed by atoms with Crippen molar-refractivity contribution in [2.75, 3.05) is 19.7 Å². The fraction of sp³-hybridized carbons (Fsp3) is 0.917. The Morgan fingerprint density at radius 3 is 2.88 bits per heavy atom. The minimum atomic E-state index is -0.0535. The number of nitrogens with one attached hydrogen (secondary N) is 2. The molecule has 2 atom stereocenters. The molecule has 4 nitrogen and oxygen atoms in total. The number of amides is 1. The molecular formula is C12H24N2O2. The van der Waals surface area contributed by atoms with Crippen LogP contribution in [0.3, 0.4) is 0 Å². The molecule has 2 N–H and O–H groups in total. The Morgan fingerprint density at radius 1 is 1.56 bits per heavy atom. The van der Waals surface area contributed by atoms with Gasteiger partial charge in [-0.1, -0.05) is 13.3 Å². The predicted octanol–water partition coefficient (Wildman–Crippen LogP) is 1.06. The molecule has 94 valence electrons. The van der Waals surface area contributed by atoms with Gasteiger partial charge in [0.15, 0.2) is 0 Å². The van der Waals surface area contributed by atoms with E-state index in [1.165, 1.54) is 0 Å². The van der Waals surface area contributed by atoms with Crippen LogP contribution in [0.5, 0.6) is 0 Å². The van der Waals surface area contributed by atoms with Crippen LogP contribution in [0.4, 0.5) is 0 Å². The van der Waals surface area contributed by atoms with Crippen LogP contribution in [0.2, 0.25) is 0 Å². The van der Waals surface area contributed by atoms with Gasteiger partial charge < -0.3 is 15.4 Å². The Balaban J connectivity index is 2.20. The summed E-state index contributed by atoms with van der Waals surface area (Å²) in [6.45, 7) is 8.22. The normalized spacial score (nSPS) is 29.3. The molecule has 0 spiro atoms. The topological polar surface area (TPSA) is 50.4 Å². The van der Waals surface area contributed by atoms with Crippen LogP contribution in [0, 0.1) is 0 Å². The van der Waals surface area contributed by atoms with Gasteiger partial charge in [-0.05, 0) is 26.7 Å². The molecule has 0 radical (unpaired) electrons. The summed E-state index contributed by atoms with van der Waals surface area (Å²) in [6.07, 6.45) is 3.30. The summed E-state index contributed by atoms with van der Waals surface area (Å²) in [7, 11) is 0. The summed E-state index contributed by atoms with van der Waals surface area (Å²) in [5.74, 6) is 0.0776. The Bertz CT molecular complexity index is 233. The van der Waals surface area contributed by atoms with E-state index < -0.39 is 0 Å². The van der Waals surface area contributed by atoms with Crippen LogP contribution in [0.1, 0.15) is 40.0 Å². The molecule has 0 aliphatic carbocycles. The van der Waals surface area contributed by atoms with Crippen molar-refractivity contribution in [1.82, 2.24) is 10.6 Å². The molecule has 1 aliphatic rings. The zero-order valence-corrected chi connectivity index (χ0v) is 10.6. The molecule has 1 rings (SSSR count). The van der Waals surface area contributed by atoms with E-state index >= 15 is 0 Å². The maximum absolute atomic E-state index is 11.5. The second-order valence-corrected chi connectivity index (χ2v) is 4.74. The van der Waals surface area contributed by atoms with Crippen LogP contribution in [0.25, 0.3) is 0 Å². The Kier molecular flexibility index (Phi) is 5.22. The molecule has 0 bridgehead atoms. The van der Waals surface area contributed by atoms with Crippen molar-refractivity contribution in [2.45, 2.75) is 51.7 Å². The zero-order valence-electron chi connectivity index (χ0n) is 10.6. The van der Waals surface area contributed by atoms with Crippen molar-refractivity contribution in [3.63, 3.8) is 0 Å². The van der Waals surface area contributed by atoms with Gasteiger partial charge in [0.2, 0.25) is 5.91 Å². The highest BCUT2D eigenvalue weighted by Gasteiger charge is 2.36. The molecule has 1 saturated heterocycles. The van der Waals surface area contributed by atoms with E-state index in [4.69, 9.17) is 4.74 Å². The van der Waals surface area contributed by atoms with Crippen LogP contribution >= 0.6 is 0 Å². The van der Waals surface area contributed by atoms with Crippen LogP contribution in [0.15, 0.2) is 0 Å². The van der Waals surface area contributed by atoms with Gasteiger partial charge in [-0.25, -0.2) is 0 Å². The number of rotatable bonds is 6. The monoisotopic (exact) mass is 228 g/mol. The molecule has 1 aliphatic heterocycles. The quantitative estimate of drug-likeness (QED) is 0.668. The average molecular weight is 228 g/mol. The van der Waals surface area contributed by atoms with Gasteiger partial charge in [-0.2, -0.15) is 0 Å². The number of ether oxygens (including phenoxy) is 1. The SMILES string of the molecule is CCCCNC(=O)CNC1(C)CCOC1C. The summed E-state index contributed by atoms with van der Waals surface area (Å²) < 4.78 is 5.51. The Labute approximate surface area is 98.1 Å². The van der Waals surface area contributed by atoms with E-state index in [-0.39, 0.29) is 17.6 Å². The molecule has 1 heterocycles. The number of carbonyl (C=O) groups is 1. The van der Waals surface area contributed by atoms with Crippen molar-refractivity contribution < 1.29 is 9.53 Å². The highest BCUT2D eigenvalue weighted by molar-refractivity contribution is 5.78. The molecule has 16 heavy (non-hydrogen) atoms. The summed E-state index contributed by atoms with van der Waals surface area (Å²) >= 11 is 0. The molecule has 0 aromatic rings. The summed E-state index contributed by atoms with van der Waals surface area (Å²) in [6, 6.07) is 0. The summed E-state index contributed by atoms with van der Waals surface area (Å²) in [4.78, 5) is 11.5. The second-order valence-electron chi connectivity index (χ2n) is 4.74. The van der Waals surface area contributed by atoms with E-state index in [1.807, 2.05) is 0 Å². The zero-order chi connectivity index (χ0) is 12.0. The van der Waals surface area contributed by atoms with Crippen molar-refractivity contribution in [3.05, 3.63) is 0 Å². The van der Waals surface area contributed by atoms with Crippen molar-refractivity contribution in [1.29, 1.82) is 0 Å². The van der Waals surface area contributed by atoms with E-state index in [2.05, 4.69) is 31.4 Å². The number of hydrogen-bond acceptors (Lipinski definition) is 3. The Morgan fingerprint density at radius 2 is 2.31 bits per heavy atom. The first-order chi connectivity index (χ1) is 7.58. The van der Waals surface area contributed by atoms with Gasteiger partial charge >= 0.3 is 0 Å². The predicted molar refractivity (Wildman–Crippen MR) is 64.4 cm³/mol. The third-order valence-electron chi connectivity index (χ3n) is 3.39. The molecule has 4 heteroatoms. The fourth-order valence-electron chi connectivity index (χ4n) is 1.82. The van der Waals surface area contributed by atoms with E-state index in [0.717, 1.165) is 32.4 Å². The van der Waals surface area contributed by atoms with Crippen molar-refractivity contribution in [2.24, 2.45) is 0 Å². The highest BCUT2D eigenvalue weighted by Crippen LogP contribution is 2.24. The molecule has 2 unspecified atom stereocenters. The number of hydrogen-bond donors (Lipinski definition) is 2. The lowest BCUT2D eigenvalue weighted by Gasteiger charge is -2.28. The fourth-order valence-corrected chi connectivity index (χ4v) is 1.82. The standard InChI is InChI=1S/C12H24N2O2/c1-4-5-7-13-11(15)9-14-12(3)6-8-16-10(12)2/h10,14H,4-9H2,1-3H3,(H,13,15). The van der Waals surface area contributed by atoms with Crippen LogP contribution in [-0.2, 0) is 9.53 Å². The Hall–Kier alpha value is -0.610. The third kappa shape index (κ3) is 3.76. The van der Waals surface area contributed by atoms with Crippen LogP contribution in [-0.4, -0.2) is 37.2 Å². The first kappa shape index (κ1) is 13.5. The molecule has 1 amide bonds. The minimum absolute atomic E-state index is 0.0535. The van der Waals surface area contributed by atoms with Gasteiger partial charge in [-0.15, -0.1) is 0 Å².